The van der Waals surface area contributed by atoms with Crippen LogP contribution in [0.5, 0.6) is 0 Å². The zero-order chi connectivity index (χ0) is 28.1. The molecule has 4 unspecified atom stereocenters. The quantitative estimate of drug-likeness (QED) is 0.0946. The van der Waals surface area contributed by atoms with Crippen molar-refractivity contribution in [2.24, 2.45) is 11.5 Å². The van der Waals surface area contributed by atoms with Gasteiger partial charge in [-0.3, -0.25) is 19.2 Å². The van der Waals surface area contributed by atoms with Crippen LogP contribution >= 0.6 is 0 Å². The Labute approximate surface area is 217 Å². The first kappa shape index (κ1) is 29.9. The van der Waals surface area contributed by atoms with Crippen molar-refractivity contribution in [3.8, 4) is 0 Å². The Morgan fingerprint density at radius 1 is 0.816 bits per heavy atom. The van der Waals surface area contributed by atoms with Crippen LogP contribution in [0.3, 0.4) is 0 Å². The fourth-order valence-electron chi connectivity index (χ4n) is 3.51. The van der Waals surface area contributed by atoms with Gasteiger partial charge in [-0.05, 0) is 25.8 Å². The Morgan fingerprint density at radius 2 is 1.32 bits per heavy atom. The van der Waals surface area contributed by atoms with Crippen molar-refractivity contribution in [3.63, 3.8) is 0 Å². The molecule has 11 N–H and O–H groups in total. The maximum atomic E-state index is 13.3. The highest BCUT2D eigenvalue weighted by molar-refractivity contribution is 5.95. The van der Waals surface area contributed by atoms with Crippen LogP contribution in [-0.2, 0) is 36.8 Å². The number of carbonyl (C=O) groups excluding carboxylic acids is 3. The molecule has 0 spiro atoms. The Kier molecular flexibility index (Phi) is 11.9. The third-order valence-electron chi connectivity index (χ3n) is 5.52. The molecule has 2 aromatic rings. The summed E-state index contributed by atoms with van der Waals surface area (Å²) in [4.78, 5) is 74.8. The first-order chi connectivity index (χ1) is 18.1. The standard InChI is InChI=1S/C22H33N9O7/c23-4-2-1-3-15(22(37)38)29-20(35)17(6-13-9-26-11-28-13)31-21(36)16(5-12-8-25-10-27-12)30-19(34)14(24)7-18(32)33/h8-11,14-17H,1-7,23-24H2,(H,25,27)(H,26,28)(H,29,35)(H,30,34)(H,31,36)(H,32,33)(H,37,38). The Balaban J connectivity index is 2.21. The molecule has 38 heavy (non-hydrogen) atoms. The van der Waals surface area contributed by atoms with E-state index in [1.807, 2.05) is 0 Å². The number of carboxylic acids is 2. The first-order valence-electron chi connectivity index (χ1n) is 11.9. The third kappa shape index (κ3) is 9.98. The lowest BCUT2D eigenvalue weighted by atomic mass is 10.1. The van der Waals surface area contributed by atoms with E-state index in [1.165, 1.54) is 25.0 Å². The number of amides is 3. The van der Waals surface area contributed by atoms with E-state index in [1.54, 1.807) is 0 Å². The second-order valence-corrected chi connectivity index (χ2v) is 8.57. The monoisotopic (exact) mass is 535 g/mol. The molecule has 16 heteroatoms. The van der Waals surface area contributed by atoms with Gasteiger partial charge in [0.1, 0.15) is 18.1 Å². The molecule has 0 saturated carbocycles. The number of unbranched alkanes of at least 4 members (excludes halogenated alkanes) is 1. The molecule has 16 nitrogen and oxygen atoms in total. The summed E-state index contributed by atoms with van der Waals surface area (Å²) >= 11 is 0. The molecule has 0 aliphatic carbocycles. The summed E-state index contributed by atoms with van der Waals surface area (Å²) in [5.41, 5.74) is 12.0. The number of H-pyrrole nitrogens is 2. The fourth-order valence-corrected chi connectivity index (χ4v) is 3.51. The number of hydrogen-bond donors (Lipinski definition) is 9. The van der Waals surface area contributed by atoms with Crippen LogP contribution < -0.4 is 27.4 Å². The number of aromatic amines is 2. The van der Waals surface area contributed by atoms with E-state index in [0.717, 1.165) is 0 Å². The van der Waals surface area contributed by atoms with Crippen molar-refractivity contribution in [1.29, 1.82) is 0 Å². The normalized spacial score (nSPS) is 14.1. The van der Waals surface area contributed by atoms with Crippen LogP contribution in [0.4, 0.5) is 0 Å². The van der Waals surface area contributed by atoms with Gasteiger partial charge in [0.2, 0.25) is 17.7 Å². The number of nitrogens with zero attached hydrogens (tertiary/aromatic N) is 2. The molecule has 0 radical (unpaired) electrons. The molecule has 0 aliphatic rings. The highest BCUT2D eigenvalue weighted by atomic mass is 16.4. The number of hydrogen-bond acceptors (Lipinski definition) is 9. The summed E-state index contributed by atoms with van der Waals surface area (Å²) < 4.78 is 0. The van der Waals surface area contributed by atoms with Gasteiger partial charge >= 0.3 is 11.9 Å². The molecule has 0 aromatic carbocycles. The summed E-state index contributed by atoms with van der Waals surface area (Å²) in [7, 11) is 0. The molecule has 4 atom stereocenters. The molecule has 0 bridgehead atoms. The molecule has 3 amide bonds. The van der Waals surface area contributed by atoms with Gasteiger partial charge in [0, 0.05) is 36.6 Å². The minimum absolute atomic E-state index is 0.0596. The first-order valence-corrected chi connectivity index (χ1v) is 11.9. The number of aromatic nitrogens is 4. The fraction of sp³-hybridized carbons (Fsp3) is 0.500. The van der Waals surface area contributed by atoms with Crippen LogP contribution in [0, 0.1) is 0 Å². The smallest absolute Gasteiger partial charge is 0.326 e. The number of carbonyl (C=O) groups is 5. The SMILES string of the molecule is NCCCCC(NC(=O)C(Cc1cnc[nH]1)NC(=O)C(Cc1cnc[nH]1)NC(=O)C(N)CC(=O)O)C(=O)O. The number of aliphatic carboxylic acids is 2. The van der Waals surface area contributed by atoms with Crippen LogP contribution in [0.25, 0.3) is 0 Å². The van der Waals surface area contributed by atoms with Crippen molar-refractivity contribution < 1.29 is 34.2 Å². The molecule has 2 rings (SSSR count). The van der Waals surface area contributed by atoms with E-state index < -0.39 is 60.2 Å². The van der Waals surface area contributed by atoms with E-state index >= 15 is 0 Å². The van der Waals surface area contributed by atoms with Crippen molar-refractivity contribution in [1.82, 2.24) is 35.9 Å². The average molecular weight is 536 g/mol. The van der Waals surface area contributed by atoms with Gasteiger partial charge in [0.25, 0.3) is 0 Å². The lowest BCUT2D eigenvalue weighted by molar-refractivity contribution is -0.142. The van der Waals surface area contributed by atoms with Crippen LogP contribution in [0.2, 0.25) is 0 Å². The predicted molar refractivity (Wildman–Crippen MR) is 131 cm³/mol. The predicted octanol–water partition coefficient (Wildman–Crippen LogP) is -2.61. The van der Waals surface area contributed by atoms with E-state index in [4.69, 9.17) is 16.6 Å². The van der Waals surface area contributed by atoms with E-state index in [-0.39, 0.29) is 19.3 Å². The number of nitrogens with one attached hydrogen (secondary N) is 5. The zero-order valence-corrected chi connectivity index (χ0v) is 20.6. The molecule has 2 aromatic heterocycles. The number of imidazole rings is 2. The minimum atomic E-state index is -1.42. The Hall–Kier alpha value is -4.31. The van der Waals surface area contributed by atoms with Crippen LogP contribution in [0.15, 0.2) is 25.0 Å². The van der Waals surface area contributed by atoms with Gasteiger partial charge in [-0.25, -0.2) is 14.8 Å². The van der Waals surface area contributed by atoms with Crippen molar-refractivity contribution in [2.45, 2.75) is 62.7 Å². The van der Waals surface area contributed by atoms with E-state index in [2.05, 4.69) is 35.9 Å². The Bertz CT molecular complexity index is 1060. The Morgan fingerprint density at radius 3 is 1.74 bits per heavy atom. The number of rotatable bonds is 17. The second-order valence-electron chi connectivity index (χ2n) is 8.57. The van der Waals surface area contributed by atoms with Gasteiger partial charge in [-0.15, -0.1) is 0 Å². The van der Waals surface area contributed by atoms with Gasteiger partial charge in [-0.1, -0.05) is 0 Å². The summed E-state index contributed by atoms with van der Waals surface area (Å²) in [6, 6.07) is -5.13. The number of carboxylic acid groups (broad SMARTS) is 2. The summed E-state index contributed by atoms with van der Waals surface area (Å²) in [6.07, 6.45) is 6.01. The zero-order valence-electron chi connectivity index (χ0n) is 20.6. The third-order valence-corrected chi connectivity index (χ3v) is 5.52. The van der Waals surface area contributed by atoms with Crippen molar-refractivity contribution in [2.75, 3.05) is 6.54 Å². The van der Waals surface area contributed by atoms with Gasteiger partial charge in [0.05, 0.1) is 25.1 Å². The molecular weight excluding hydrogens is 502 g/mol. The average Bonchev–Trinajstić information content (AvgIpc) is 3.56. The highest BCUT2D eigenvalue weighted by Gasteiger charge is 2.31. The van der Waals surface area contributed by atoms with Crippen LogP contribution in [0.1, 0.15) is 37.1 Å². The van der Waals surface area contributed by atoms with Crippen LogP contribution in [-0.4, -0.2) is 90.5 Å². The largest absolute Gasteiger partial charge is 0.481 e. The lowest BCUT2D eigenvalue weighted by Gasteiger charge is -2.25. The van der Waals surface area contributed by atoms with Gasteiger partial charge < -0.3 is 47.6 Å². The van der Waals surface area contributed by atoms with E-state index in [9.17, 15) is 29.1 Å². The number of nitrogens with two attached hydrogens (primary N) is 2. The molecule has 0 saturated heterocycles. The maximum Gasteiger partial charge on any atom is 0.326 e. The van der Waals surface area contributed by atoms with Gasteiger partial charge in [-0.2, -0.15) is 0 Å². The summed E-state index contributed by atoms with van der Waals surface area (Å²) in [5, 5.41) is 25.8. The molecular formula is C22H33N9O7. The highest BCUT2D eigenvalue weighted by Crippen LogP contribution is 2.06. The molecule has 208 valence electrons. The van der Waals surface area contributed by atoms with Gasteiger partial charge in [0.15, 0.2) is 0 Å². The maximum absolute atomic E-state index is 13.3. The lowest BCUT2D eigenvalue weighted by Crippen LogP contribution is -2.58. The van der Waals surface area contributed by atoms with Crippen molar-refractivity contribution >= 4 is 29.7 Å². The molecule has 0 fully saturated rings. The minimum Gasteiger partial charge on any atom is -0.481 e. The summed E-state index contributed by atoms with van der Waals surface area (Å²) in [5.74, 6) is -4.96. The van der Waals surface area contributed by atoms with Crippen molar-refractivity contribution in [3.05, 3.63) is 36.4 Å². The summed E-state index contributed by atoms with van der Waals surface area (Å²) in [6.45, 7) is 0.373. The molecule has 2 heterocycles. The van der Waals surface area contributed by atoms with E-state index in [0.29, 0.717) is 30.8 Å². The topological polar surface area (TPSA) is 271 Å². The molecule has 0 aliphatic heterocycles. The second kappa shape index (κ2) is 15.1.